The van der Waals surface area contributed by atoms with Gasteiger partial charge in [0.1, 0.15) is 0 Å². The normalized spacial score (nSPS) is 21.8. The lowest BCUT2D eigenvalue weighted by Gasteiger charge is -2.41. The first-order chi connectivity index (χ1) is 9.65. The zero-order valence-corrected chi connectivity index (χ0v) is 13.3. The summed E-state index contributed by atoms with van der Waals surface area (Å²) in [7, 11) is -0.761. The fraction of sp³-hybridized carbons (Fsp3) is 0.714. The van der Waals surface area contributed by atoms with E-state index in [1.807, 2.05) is 6.92 Å². The Labute approximate surface area is 123 Å². The third-order valence-electron chi connectivity index (χ3n) is 4.01. The minimum atomic E-state index is -0.761. The smallest absolute Gasteiger partial charge is 0.234 e. The summed E-state index contributed by atoms with van der Waals surface area (Å²) >= 11 is 0. The average Bonchev–Trinajstić information content (AvgIpc) is 2.49. The molecule has 1 fully saturated rings. The molecule has 20 heavy (non-hydrogen) atoms. The van der Waals surface area contributed by atoms with Crippen molar-refractivity contribution in [1.29, 1.82) is 0 Å². The van der Waals surface area contributed by atoms with E-state index in [9.17, 15) is 4.21 Å². The Kier molecular flexibility index (Phi) is 4.96. The second-order valence-electron chi connectivity index (χ2n) is 5.01. The van der Waals surface area contributed by atoms with Crippen molar-refractivity contribution in [2.24, 2.45) is 0 Å². The van der Waals surface area contributed by atoms with Gasteiger partial charge in [-0.3, -0.25) is 9.19 Å². The summed E-state index contributed by atoms with van der Waals surface area (Å²) in [6, 6.07) is 0. The molecule has 1 aliphatic heterocycles. The van der Waals surface area contributed by atoms with E-state index in [-0.39, 0.29) is 4.75 Å². The highest BCUT2D eigenvalue weighted by Gasteiger charge is 2.39. The molecule has 0 radical (unpaired) electrons. The molecular formula is C14H23N3O2S. The number of nitrogens with zero attached hydrogens (tertiary/aromatic N) is 3. The lowest BCUT2D eigenvalue weighted by Crippen LogP contribution is -2.53. The van der Waals surface area contributed by atoms with Gasteiger partial charge in [-0.15, -0.1) is 0 Å². The van der Waals surface area contributed by atoms with Gasteiger partial charge in [0.15, 0.2) is 5.82 Å². The summed E-state index contributed by atoms with van der Waals surface area (Å²) < 4.78 is 17.6. The maximum absolute atomic E-state index is 12.3. The Balaban J connectivity index is 2.21. The lowest BCUT2D eigenvalue weighted by atomic mass is 10.0. The Bertz CT molecular complexity index is 477. The number of hydrogen-bond donors (Lipinski definition) is 0. The van der Waals surface area contributed by atoms with Gasteiger partial charge in [-0.25, -0.2) is 0 Å². The van der Waals surface area contributed by atoms with Crippen LogP contribution in [-0.2, 0) is 10.8 Å². The fourth-order valence-corrected chi connectivity index (χ4v) is 4.37. The van der Waals surface area contributed by atoms with Crippen LogP contribution >= 0.6 is 0 Å². The van der Waals surface area contributed by atoms with Crippen molar-refractivity contribution in [1.82, 2.24) is 9.97 Å². The van der Waals surface area contributed by atoms with Crippen LogP contribution in [0.1, 0.15) is 33.6 Å². The van der Waals surface area contributed by atoms with E-state index in [2.05, 4.69) is 28.7 Å². The highest BCUT2D eigenvalue weighted by atomic mass is 32.2. The first-order valence-electron chi connectivity index (χ1n) is 7.23. The summed E-state index contributed by atoms with van der Waals surface area (Å²) in [4.78, 5) is 10.9. The number of ether oxygens (including phenoxy) is 1. The quantitative estimate of drug-likeness (QED) is 0.832. The van der Waals surface area contributed by atoms with Gasteiger partial charge in [0.2, 0.25) is 5.88 Å². The fourth-order valence-electron chi connectivity index (χ4n) is 2.61. The van der Waals surface area contributed by atoms with Crippen LogP contribution < -0.4 is 9.64 Å². The highest BCUT2D eigenvalue weighted by molar-refractivity contribution is 7.86. The Morgan fingerprint density at radius 1 is 1.35 bits per heavy atom. The molecule has 1 aromatic rings. The Morgan fingerprint density at radius 3 is 2.75 bits per heavy atom. The van der Waals surface area contributed by atoms with Crippen molar-refractivity contribution in [2.75, 3.05) is 30.3 Å². The van der Waals surface area contributed by atoms with Crippen molar-refractivity contribution < 1.29 is 8.95 Å². The highest BCUT2D eigenvalue weighted by Crippen LogP contribution is 2.30. The van der Waals surface area contributed by atoms with E-state index in [0.717, 1.165) is 31.7 Å². The van der Waals surface area contributed by atoms with Crippen LogP contribution in [0.3, 0.4) is 0 Å². The third-order valence-corrected chi connectivity index (χ3v) is 6.24. The van der Waals surface area contributed by atoms with E-state index < -0.39 is 10.8 Å². The minimum absolute atomic E-state index is 0.123. The summed E-state index contributed by atoms with van der Waals surface area (Å²) in [6.07, 6.45) is 5.23. The van der Waals surface area contributed by atoms with E-state index >= 15 is 0 Å². The molecule has 0 N–H and O–H groups in total. The number of anilines is 1. The molecule has 112 valence electrons. The van der Waals surface area contributed by atoms with Gasteiger partial charge in [0.25, 0.3) is 0 Å². The Morgan fingerprint density at radius 2 is 2.10 bits per heavy atom. The van der Waals surface area contributed by atoms with Crippen LogP contribution in [0.2, 0.25) is 0 Å². The third kappa shape index (κ3) is 2.95. The van der Waals surface area contributed by atoms with E-state index in [0.29, 0.717) is 18.2 Å². The predicted molar refractivity (Wildman–Crippen MR) is 81.7 cm³/mol. The molecule has 0 aliphatic carbocycles. The monoisotopic (exact) mass is 297 g/mol. The van der Waals surface area contributed by atoms with Gasteiger partial charge in [-0.1, -0.05) is 13.8 Å². The van der Waals surface area contributed by atoms with Crippen molar-refractivity contribution >= 4 is 16.6 Å². The summed E-state index contributed by atoms with van der Waals surface area (Å²) in [5.41, 5.74) is 0. The Hall–Kier alpha value is -1.17. The van der Waals surface area contributed by atoms with Crippen molar-refractivity contribution in [3.63, 3.8) is 0 Å². The second-order valence-corrected chi connectivity index (χ2v) is 6.98. The molecule has 0 amide bonds. The zero-order valence-electron chi connectivity index (χ0n) is 12.5. The van der Waals surface area contributed by atoms with Gasteiger partial charge >= 0.3 is 0 Å². The summed E-state index contributed by atoms with van der Waals surface area (Å²) in [5, 5.41) is 0. The topological polar surface area (TPSA) is 55.3 Å². The maximum atomic E-state index is 12.3. The molecule has 0 saturated carbocycles. The zero-order chi connectivity index (χ0) is 14.6. The van der Waals surface area contributed by atoms with Crippen molar-refractivity contribution in [3.8, 4) is 5.88 Å². The van der Waals surface area contributed by atoms with Crippen LogP contribution in [-0.4, -0.2) is 44.4 Å². The van der Waals surface area contributed by atoms with Crippen molar-refractivity contribution in [3.05, 3.63) is 12.4 Å². The molecular weight excluding hydrogens is 274 g/mol. The molecule has 1 aliphatic rings. The van der Waals surface area contributed by atoms with Gasteiger partial charge in [0, 0.05) is 29.6 Å². The molecule has 0 aromatic carbocycles. The first-order valence-corrected chi connectivity index (χ1v) is 8.55. The molecule has 2 heterocycles. The minimum Gasteiger partial charge on any atom is -0.477 e. The molecule has 1 unspecified atom stereocenters. The first kappa shape index (κ1) is 15.2. The van der Waals surface area contributed by atoms with Crippen LogP contribution in [0, 0.1) is 0 Å². The molecule has 1 atom stereocenters. The van der Waals surface area contributed by atoms with Gasteiger partial charge in [-0.2, -0.15) is 4.98 Å². The average molecular weight is 297 g/mol. The summed E-state index contributed by atoms with van der Waals surface area (Å²) in [6.45, 7) is 8.28. The molecule has 1 saturated heterocycles. The molecule has 6 heteroatoms. The molecule has 1 aromatic heterocycles. The largest absolute Gasteiger partial charge is 0.477 e. The standard InChI is InChI=1S/C14H23N3O2S/c1-4-14(5-2)11-17(7-8-20(14)18)12-9-15-10-13(16-12)19-6-3/h9-10H,4-8,11H2,1-3H3. The SMILES string of the molecule is CCOc1cncc(N2CCS(=O)C(CC)(CC)C2)n1. The van der Waals surface area contributed by atoms with E-state index in [1.54, 1.807) is 12.4 Å². The number of hydrogen-bond acceptors (Lipinski definition) is 5. The van der Waals surface area contributed by atoms with Gasteiger partial charge in [-0.05, 0) is 19.8 Å². The van der Waals surface area contributed by atoms with Crippen LogP contribution in [0.15, 0.2) is 12.4 Å². The predicted octanol–water partition coefficient (Wildman–Crippen LogP) is 2.00. The van der Waals surface area contributed by atoms with Crippen molar-refractivity contribution in [2.45, 2.75) is 38.4 Å². The molecule has 5 nitrogen and oxygen atoms in total. The second kappa shape index (κ2) is 6.52. The molecule has 0 bridgehead atoms. The number of aromatic nitrogens is 2. The summed E-state index contributed by atoms with van der Waals surface area (Å²) in [5.74, 6) is 2.07. The van der Waals surface area contributed by atoms with E-state index in [1.165, 1.54) is 0 Å². The van der Waals surface area contributed by atoms with Gasteiger partial charge in [0.05, 0.1) is 23.7 Å². The van der Waals surface area contributed by atoms with Crippen LogP contribution in [0.25, 0.3) is 0 Å². The van der Waals surface area contributed by atoms with Gasteiger partial charge < -0.3 is 9.64 Å². The number of rotatable bonds is 5. The van der Waals surface area contributed by atoms with Crippen LogP contribution in [0.4, 0.5) is 5.82 Å². The molecule has 2 rings (SSSR count). The lowest BCUT2D eigenvalue weighted by molar-refractivity contribution is 0.325. The van der Waals surface area contributed by atoms with Crippen LogP contribution in [0.5, 0.6) is 5.88 Å². The van der Waals surface area contributed by atoms with E-state index in [4.69, 9.17) is 4.74 Å². The maximum Gasteiger partial charge on any atom is 0.234 e. The molecule has 0 spiro atoms.